The molecule has 0 spiro atoms. The fourth-order valence-corrected chi connectivity index (χ4v) is 1.27. The molecule has 0 aliphatic rings. The summed E-state index contributed by atoms with van der Waals surface area (Å²) in [5.74, 6) is 0.621. The number of rotatable bonds is 4. The molecule has 4 nitrogen and oxygen atoms in total. The van der Waals surface area contributed by atoms with Crippen LogP contribution in [0.5, 0.6) is 5.75 Å². The standard InChI is InChI=1S/C11H17NO3/c1-8(14-3)11(2,13)9-5-10(15-4)7-12-6-9/h5-8,13H,1-4H3. The number of methoxy groups -OCH3 is 2. The Balaban J connectivity index is 3.03. The van der Waals surface area contributed by atoms with Gasteiger partial charge in [0.2, 0.25) is 0 Å². The Morgan fingerprint density at radius 2 is 2.07 bits per heavy atom. The molecule has 1 aromatic heterocycles. The molecule has 1 aromatic rings. The monoisotopic (exact) mass is 211 g/mol. The number of hydrogen-bond donors (Lipinski definition) is 1. The van der Waals surface area contributed by atoms with Crippen LogP contribution >= 0.6 is 0 Å². The minimum atomic E-state index is -1.07. The van der Waals surface area contributed by atoms with E-state index in [9.17, 15) is 5.11 Å². The van der Waals surface area contributed by atoms with E-state index in [1.54, 1.807) is 46.5 Å². The zero-order chi connectivity index (χ0) is 11.5. The molecule has 4 heteroatoms. The van der Waals surface area contributed by atoms with E-state index in [1.807, 2.05) is 0 Å². The average molecular weight is 211 g/mol. The number of nitrogens with zero attached hydrogens (tertiary/aromatic N) is 1. The van der Waals surface area contributed by atoms with Gasteiger partial charge in [0.1, 0.15) is 11.4 Å². The predicted molar refractivity (Wildman–Crippen MR) is 56.8 cm³/mol. The first-order valence-electron chi connectivity index (χ1n) is 4.77. The van der Waals surface area contributed by atoms with Crippen molar-refractivity contribution in [3.63, 3.8) is 0 Å². The minimum absolute atomic E-state index is 0.314. The normalized spacial score (nSPS) is 16.9. The molecule has 0 aliphatic carbocycles. The lowest BCUT2D eigenvalue weighted by atomic mass is 9.92. The van der Waals surface area contributed by atoms with E-state index < -0.39 is 5.60 Å². The van der Waals surface area contributed by atoms with Gasteiger partial charge in [-0.2, -0.15) is 0 Å². The first kappa shape index (κ1) is 11.9. The van der Waals surface area contributed by atoms with Crippen molar-refractivity contribution in [2.75, 3.05) is 14.2 Å². The van der Waals surface area contributed by atoms with Crippen LogP contribution in [-0.4, -0.2) is 30.4 Å². The van der Waals surface area contributed by atoms with Gasteiger partial charge in [0.15, 0.2) is 0 Å². The molecule has 0 aliphatic heterocycles. The third kappa shape index (κ3) is 2.46. The van der Waals surface area contributed by atoms with E-state index in [4.69, 9.17) is 9.47 Å². The van der Waals surface area contributed by atoms with Crippen LogP contribution < -0.4 is 4.74 Å². The summed E-state index contributed by atoms with van der Waals surface area (Å²) in [6.45, 7) is 3.50. The number of aliphatic hydroxyl groups is 1. The second kappa shape index (κ2) is 4.59. The fraction of sp³-hybridized carbons (Fsp3) is 0.545. The molecular formula is C11H17NO3. The van der Waals surface area contributed by atoms with Crippen LogP contribution in [0.3, 0.4) is 0 Å². The maximum absolute atomic E-state index is 10.3. The highest BCUT2D eigenvalue weighted by atomic mass is 16.5. The number of ether oxygens (including phenoxy) is 2. The van der Waals surface area contributed by atoms with E-state index in [-0.39, 0.29) is 6.10 Å². The zero-order valence-electron chi connectivity index (χ0n) is 9.52. The molecule has 0 radical (unpaired) electrons. The maximum atomic E-state index is 10.3. The van der Waals surface area contributed by atoms with Crippen molar-refractivity contribution in [2.24, 2.45) is 0 Å². The van der Waals surface area contributed by atoms with Gasteiger partial charge in [0, 0.05) is 18.9 Å². The smallest absolute Gasteiger partial charge is 0.137 e. The molecule has 1 N–H and O–H groups in total. The van der Waals surface area contributed by atoms with Gasteiger partial charge in [-0.3, -0.25) is 4.98 Å². The first-order chi connectivity index (χ1) is 7.02. The van der Waals surface area contributed by atoms with Crippen molar-refractivity contribution in [3.8, 4) is 5.75 Å². The van der Waals surface area contributed by atoms with Gasteiger partial charge in [-0.25, -0.2) is 0 Å². The van der Waals surface area contributed by atoms with Crippen molar-refractivity contribution in [1.29, 1.82) is 0 Å². The highest BCUT2D eigenvalue weighted by molar-refractivity contribution is 5.28. The summed E-state index contributed by atoms with van der Waals surface area (Å²) in [5.41, 5.74) is -0.396. The minimum Gasteiger partial charge on any atom is -0.495 e. The van der Waals surface area contributed by atoms with Gasteiger partial charge in [0.25, 0.3) is 0 Å². The molecule has 15 heavy (non-hydrogen) atoms. The average Bonchev–Trinajstić information content (AvgIpc) is 2.27. The van der Waals surface area contributed by atoms with Crippen LogP contribution in [0.2, 0.25) is 0 Å². The quantitative estimate of drug-likeness (QED) is 0.816. The van der Waals surface area contributed by atoms with E-state index >= 15 is 0 Å². The first-order valence-corrected chi connectivity index (χ1v) is 4.77. The highest BCUT2D eigenvalue weighted by Gasteiger charge is 2.31. The summed E-state index contributed by atoms with van der Waals surface area (Å²) in [6.07, 6.45) is 2.89. The second-order valence-electron chi connectivity index (χ2n) is 3.64. The Bertz CT molecular complexity index is 325. The molecule has 2 unspecified atom stereocenters. The van der Waals surface area contributed by atoms with Gasteiger partial charge < -0.3 is 14.6 Å². The van der Waals surface area contributed by atoms with Crippen molar-refractivity contribution >= 4 is 0 Å². The topological polar surface area (TPSA) is 51.6 Å². The van der Waals surface area contributed by atoms with Gasteiger partial charge in [0.05, 0.1) is 19.4 Å². The number of hydrogen-bond acceptors (Lipinski definition) is 4. The molecule has 0 amide bonds. The Morgan fingerprint density at radius 3 is 2.60 bits per heavy atom. The second-order valence-corrected chi connectivity index (χ2v) is 3.64. The summed E-state index contributed by atoms with van der Waals surface area (Å²) in [7, 11) is 3.13. The van der Waals surface area contributed by atoms with E-state index in [1.165, 1.54) is 0 Å². The lowest BCUT2D eigenvalue weighted by Gasteiger charge is -2.29. The molecule has 2 atom stereocenters. The highest BCUT2D eigenvalue weighted by Crippen LogP contribution is 2.27. The Morgan fingerprint density at radius 1 is 1.40 bits per heavy atom. The van der Waals surface area contributed by atoms with E-state index in [2.05, 4.69) is 4.98 Å². The molecule has 0 fully saturated rings. The lowest BCUT2D eigenvalue weighted by Crippen LogP contribution is -2.35. The number of aromatic nitrogens is 1. The molecule has 0 saturated carbocycles. The number of pyridine rings is 1. The molecule has 1 heterocycles. The van der Waals surface area contributed by atoms with Gasteiger partial charge in [-0.05, 0) is 19.9 Å². The van der Waals surface area contributed by atoms with Crippen molar-refractivity contribution in [1.82, 2.24) is 4.98 Å². The van der Waals surface area contributed by atoms with Gasteiger partial charge in [-0.1, -0.05) is 0 Å². The summed E-state index contributed by atoms with van der Waals surface area (Å²) >= 11 is 0. The third-order valence-electron chi connectivity index (χ3n) is 2.68. The zero-order valence-corrected chi connectivity index (χ0v) is 9.52. The van der Waals surface area contributed by atoms with Crippen LogP contribution in [0.25, 0.3) is 0 Å². The largest absolute Gasteiger partial charge is 0.495 e. The fourth-order valence-electron chi connectivity index (χ4n) is 1.27. The van der Waals surface area contributed by atoms with E-state index in [0.29, 0.717) is 11.3 Å². The van der Waals surface area contributed by atoms with Crippen LogP contribution in [0.4, 0.5) is 0 Å². The van der Waals surface area contributed by atoms with Crippen molar-refractivity contribution in [2.45, 2.75) is 25.6 Å². The Labute approximate surface area is 89.9 Å². The van der Waals surface area contributed by atoms with Crippen LogP contribution in [0, 0.1) is 0 Å². The SMILES string of the molecule is COc1cncc(C(C)(O)C(C)OC)c1. The summed E-state index contributed by atoms with van der Waals surface area (Å²) < 4.78 is 10.2. The van der Waals surface area contributed by atoms with Crippen LogP contribution in [0.15, 0.2) is 18.5 Å². The molecule has 0 bridgehead atoms. The summed E-state index contributed by atoms with van der Waals surface area (Å²) in [5, 5.41) is 10.3. The molecule has 84 valence electrons. The Kier molecular flexibility index (Phi) is 3.66. The Hall–Kier alpha value is -1.13. The maximum Gasteiger partial charge on any atom is 0.137 e. The lowest BCUT2D eigenvalue weighted by molar-refractivity contribution is -0.0774. The van der Waals surface area contributed by atoms with E-state index in [0.717, 1.165) is 0 Å². The molecule has 0 saturated heterocycles. The molecular weight excluding hydrogens is 194 g/mol. The van der Waals surface area contributed by atoms with Crippen LogP contribution in [-0.2, 0) is 10.3 Å². The van der Waals surface area contributed by atoms with Gasteiger partial charge >= 0.3 is 0 Å². The van der Waals surface area contributed by atoms with Crippen LogP contribution in [0.1, 0.15) is 19.4 Å². The summed E-state index contributed by atoms with van der Waals surface area (Å²) in [6, 6.07) is 1.75. The molecule has 0 aromatic carbocycles. The third-order valence-corrected chi connectivity index (χ3v) is 2.68. The predicted octanol–water partition coefficient (Wildman–Crippen LogP) is 1.33. The van der Waals surface area contributed by atoms with Crippen molar-refractivity contribution in [3.05, 3.63) is 24.0 Å². The summed E-state index contributed by atoms with van der Waals surface area (Å²) in [4.78, 5) is 4.00. The molecule has 1 rings (SSSR count). The van der Waals surface area contributed by atoms with Gasteiger partial charge in [-0.15, -0.1) is 0 Å². The van der Waals surface area contributed by atoms with Crippen molar-refractivity contribution < 1.29 is 14.6 Å².